The second-order valence-corrected chi connectivity index (χ2v) is 5.18. The minimum absolute atomic E-state index is 0.141. The molecule has 1 N–H and O–H groups in total. The Labute approximate surface area is 120 Å². The third kappa shape index (κ3) is 3.25. The van der Waals surface area contributed by atoms with Crippen molar-refractivity contribution in [1.29, 1.82) is 0 Å². The first-order valence-corrected chi connectivity index (χ1v) is 7.30. The Kier molecular flexibility index (Phi) is 4.90. The van der Waals surface area contributed by atoms with E-state index < -0.39 is 0 Å². The van der Waals surface area contributed by atoms with Crippen LogP contribution in [0.1, 0.15) is 49.7 Å². The number of nitrogens with one attached hydrogen (secondary N) is 1. The summed E-state index contributed by atoms with van der Waals surface area (Å²) < 4.78 is 5.86. The molecule has 0 aliphatic rings. The number of aryl methyl sites for hydroxylation is 2. The molecule has 0 saturated heterocycles. The fraction of sp³-hybridized carbons (Fsp3) is 0.500. The van der Waals surface area contributed by atoms with Crippen LogP contribution in [0, 0.1) is 13.8 Å². The van der Waals surface area contributed by atoms with Crippen molar-refractivity contribution in [2.45, 2.75) is 46.6 Å². The zero-order valence-corrected chi connectivity index (χ0v) is 12.7. The van der Waals surface area contributed by atoms with E-state index in [0.717, 1.165) is 30.5 Å². The summed E-state index contributed by atoms with van der Waals surface area (Å²) in [4.78, 5) is 0. The van der Waals surface area contributed by atoms with E-state index in [2.05, 4.69) is 55.3 Å². The molecular weight excluding hydrogens is 250 g/mol. The molecule has 2 aromatic rings. The van der Waals surface area contributed by atoms with E-state index in [4.69, 9.17) is 4.42 Å². The van der Waals surface area contributed by atoms with E-state index in [1.807, 2.05) is 6.07 Å². The molecule has 0 spiro atoms. The Morgan fingerprint density at radius 2 is 2.00 bits per heavy atom. The molecule has 4 heteroatoms. The molecule has 0 aliphatic carbocycles. The van der Waals surface area contributed by atoms with Crippen molar-refractivity contribution < 1.29 is 4.42 Å². The van der Waals surface area contributed by atoms with Crippen molar-refractivity contribution in [3.63, 3.8) is 0 Å². The number of hydrogen-bond acceptors (Lipinski definition) is 4. The van der Waals surface area contributed by atoms with Crippen molar-refractivity contribution >= 4 is 0 Å². The first-order chi connectivity index (χ1) is 9.65. The normalized spacial score (nSPS) is 12.6. The summed E-state index contributed by atoms with van der Waals surface area (Å²) in [6.45, 7) is 9.37. The van der Waals surface area contributed by atoms with Crippen LogP contribution in [0.3, 0.4) is 0 Å². The van der Waals surface area contributed by atoms with Crippen molar-refractivity contribution in [3.05, 3.63) is 35.2 Å². The highest BCUT2D eigenvalue weighted by Crippen LogP contribution is 2.25. The predicted molar refractivity (Wildman–Crippen MR) is 80.5 cm³/mol. The molecule has 0 amide bonds. The van der Waals surface area contributed by atoms with Crippen LogP contribution in [0.15, 0.2) is 22.6 Å². The third-order valence-electron chi connectivity index (χ3n) is 3.40. The predicted octanol–water partition coefficient (Wildman–Crippen LogP) is 3.80. The number of nitrogens with zero attached hydrogens (tertiary/aromatic N) is 2. The summed E-state index contributed by atoms with van der Waals surface area (Å²) in [7, 11) is 0. The van der Waals surface area contributed by atoms with Gasteiger partial charge in [0.05, 0.1) is 6.04 Å². The summed E-state index contributed by atoms with van der Waals surface area (Å²) in [5.74, 6) is 1.28. The molecule has 1 unspecified atom stereocenters. The molecule has 20 heavy (non-hydrogen) atoms. The lowest BCUT2D eigenvalue weighted by atomic mass is 10.1. The van der Waals surface area contributed by atoms with E-state index in [1.54, 1.807) is 0 Å². The molecule has 108 valence electrons. The molecule has 1 heterocycles. The minimum Gasteiger partial charge on any atom is -0.419 e. The molecule has 2 rings (SSSR count). The van der Waals surface area contributed by atoms with E-state index in [9.17, 15) is 0 Å². The summed E-state index contributed by atoms with van der Waals surface area (Å²) in [5.41, 5.74) is 3.41. The van der Waals surface area contributed by atoms with Crippen LogP contribution in [0.4, 0.5) is 0 Å². The summed E-state index contributed by atoms with van der Waals surface area (Å²) in [6, 6.07) is 6.38. The van der Waals surface area contributed by atoms with Crippen LogP contribution < -0.4 is 5.32 Å². The van der Waals surface area contributed by atoms with Gasteiger partial charge < -0.3 is 9.73 Å². The van der Waals surface area contributed by atoms with Gasteiger partial charge in [0.15, 0.2) is 0 Å². The Bertz CT molecular complexity index is 563. The number of hydrogen-bond donors (Lipinski definition) is 1. The van der Waals surface area contributed by atoms with E-state index in [-0.39, 0.29) is 6.04 Å². The van der Waals surface area contributed by atoms with Crippen molar-refractivity contribution in [2.24, 2.45) is 0 Å². The zero-order valence-electron chi connectivity index (χ0n) is 12.7. The average Bonchev–Trinajstić information content (AvgIpc) is 2.89. The van der Waals surface area contributed by atoms with Gasteiger partial charge in [-0.3, -0.25) is 0 Å². The van der Waals surface area contributed by atoms with Gasteiger partial charge >= 0.3 is 0 Å². The minimum atomic E-state index is 0.141. The largest absolute Gasteiger partial charge is 0.419 e. The summed E-state index contributed by atoms with van der Waals surface area (Å²) in [6.07, 6.45) is 2.03. The van der Waals surface area contributed by atoms with Gasteiger partial charge in [0, 0.05) is 5.56 Å². The molecule has 0 fully saturated rings. The average molecular weight is 273 g/mol. The number of benzene rings is 1. The Hall–Kier alpha value is -1.68. The second-order valence-electron chi connectivity index (χ2n) is 5.18. The molecule has 0 aliphatic heterocycles. The Morgan fingerprint density at radius 1 is 1.20 bits per heavy atom. The van der Waals surface area contributed by atoms with E-state index in [0.29, 0.717) is 11.8 Å². The molecule has 1 aromatic carbocycles. The smallest absolute Gasteiger partial charge is 0.248 e. The van der Waals surface area contributed by atoms with Crippen LogP contribution in [0.2, 0.25) is 0 Å². The maximum absolute atomic E-state index is 5.86. The highest BCUT2D eigenvalue weighted by atomic mass is 16.4. The Balaban J connectivity index is 2.23. The lowest BCUT2D eigenvalue weighted by molar-refractivity contribution is 0.396. The topological polar surface area (TPSA) is 51.0 Å². The highest BCUT2D eigenvalue weighted by molar-refractivity contribution is 5.58. The maximum atomic E-state index is 5.86. The van der Waals surface area contributed by atoms with Gasteiger partial charge in [0.1, 0.15) is 0 Å². The fourth-order valence-electron chi connectivity index (χ4n) is 2.26. The van der Waals surface area contributed by atoms with E-state index >= 15 is 0 Å². The van der Waals surface area contributed by atoms with Gasteiger partial charge in [0.25, 0.3) is 0 Å². The van der Waals surface area contributed by atoms with Crippen LogP contribution >= 0.6 is 0 Å². The second kappa shape index (κ2) is 6.66. The quantitative estimate of drug-likeness (QED) is 0.869. The van der Waals surface area contributed by atoms with Gasteiger partial charge in [-0.1, -0.05) is 31.5 Å². The maximum Gasteiger partial charge on any atom is 0.248 e. The van der Waals surface area contributed by atoms with Crippen LogP contribution in [-0.2, 0) is 0 Å². The third-order valence-corrected chi connectivity index (χ3v) is 3.40. The van der Waals surface area contributed by atoms with Crippen molar-refractivity contribution in [3.8, 4) is 11.5 Å². The molecule has 1 aromatic heterocycles. The highest BCUT2D eigenvalue weighted by Gasteiger charge is 2.17. The standard InChI is InChI=1S/C16H23N3O/c1-5-9-17-14(6-2)16-19-18-15(20-16)13-8-7-11(3)10-12(13)4/h7-8,10,14,17H,5-6,9H2,1-4H3. The molecule has 0 saturated carbocycles. The zero-order chi connectivity index (χ0) is 14.5. The monoisotopic (exact) mass is 273 g/mol. The SMILES string of the molecule is CCCNC(CC)c1nnc(-c2ccc(C)cc2C)o1. The van der Waals surface area contributed by atoms with Crippen LogP contribution in [0.5, 0.6) is 0 Å². The number of rotatable bonds is 6. The van der Waals surface area contributed by atoms with Crippen molar-refractivity contribution in [1.82, 2.24) is 15.5 Å². The van der Waals surface area contributed by atoms with Gasteiger partial charge in [0.2, 0.25) is 11.8 Å². The summed E-state index contributed by atoms with van der Waals surface area (Å²) >= 11 is 0. The molecular formula is C16H23N3O. The van der Waals surface area contributed by atoms with E-state index in [1.165, 1.54) is 5.56 Å². The number of aromatic nitrogens is 2. The van der Waals surface area contributed by atoms with Crippen LogP contribution in [-0.4, -0.2) is 16.7 Å². The van der Waals surface area contributed by atoms with Gasteiger partial charge in [-0.2, -0.15) is 0 Å². The van der Waals surface area contributed by atoms with Crippen molar-refractivity contribution in [2.75, 3.05) is 6.54 Å². The van der Waals surface area contributed by atoms with Crippen LogP contribution in [0.25, 0.3) is 11.5 Å². The molecule has 0 bridgehead atoms. The molecule has 1 atom stereocenters. The molecule has 4 nitrogen and oxygen atoms in total. The first-order valence-electron chi connectivity index (χ1n) is 7.30. The van der Waals surface area contributed by atoms with Gasteiger partial charge in [-0.15, -0.1) is 10.2 Å². The fourth-order valence-corrected chi connectivity index (χ4v) is 2.26. The first kappa shape index (κ1) is 14.7. The lowest BCUT2D eigenvalue weighted by Gasteiger charge is -2.11. The Morgan fingerprint density at radius 3 is 2.65 bits per heavy atom. The lowest BCUT2D eigenvalue weighted by Crippen LogP contribution is -2.21. The molecule has 0 radical (unpaired) electrons. The summed E-state index contributed by atoms with van der Waals surface area (Å²) in [5, 5.41) is 11.8. The van der Waals surface area contributed by atoms with Gasteiger partial charge in [-0.25, -0.2) is 0 Å². The van der Waals surface area contributed by atoms with Gasteiger partial charge in [-0.05, 0) is 44.9 Å².